The topological polar surface area (TPSA) is 42.2 Å². The van der Waals surface area contributed by atoms with Gasteiger partial charge in [0, 0.05) is 35.1 Å². The van der Waals surface area contributed by atoms with Crippen molar-refractivity contribution in [2.24, 2.45) is 0 Å². The van der Waals surface area contributed by atoms with E-state index in [0.717, 1.165) is 13.1 Å². The van der Waals surface area contributed by atoms with Crippen LogP contribution in [0.1, 0.15) is 23.6 Å². The highest BCUT2D eigenvalue weighted by atomic mass is 35.5. The van der Waals surface area contributed by atoms with Gasteiger partial charge in [-0.2, -0.15) is 0 Å². The molecule has 0 aliphatic rings. The van der Waals surface area contributed by atoms with E-state index in [4.69, 9.17) is 5.73 Å². The maximum atomic E-state index is 5.66. The molecule has 18 heavy (non-hydrogen) atoms. The zero-order valence-electron chi connectivity index (χ0n) is 10.5. The molecule has 0 saturated heterocycles. The lowest BCUT2D eigenvalue weighted by Crippen LogP contribution is -2.29. The fourth-order valence-corrected chi connectivity index (χ4v) is 3.06. The van der Waals surface area contributed by atoms with E-state index < -0.39 is 0 Å². The SMILES string of the molecule is CC(C)N(Cc1cccs1)Cc1cnc(N)s1.Cl. The summed E-state index contributed by atoms with van der Waals surface area (Å²) < 4.78 is 0. The molecule has 3 nitrogen and oxygen atoms in total. The summed E-state index contributed by atoms with van der Waals surface area (Å²) in [4.78, 5) is 9.16. The number of anilines is 1. The molecule has 0 aromatic carbocycles. The third kappa shape index (κ3) is 4.24. The third-order valence-electron chi connectivity index (χ3n) is 2.60. The van der Waals surface area contributed by atoms with Crippen LogP contribution in [-0.4, -0.2) is 15.9 Å². The highest BCUT2D eigenvalue weighted by Gasteiger charge is 2.12. The van der Waals surface area contributed by atoms with Gasteiger partial charge in [0.25, 0.3) is 0 Å². The standard InChI is InChI=1S/C12H17N3S2.ClH/c1-9(2)15(7-10-4-3-5-16-10)8-11-6-14-12(13)17-11;/h3-6,9H,7-8H2,1-2H3,(H2,13,14);1H. The minimum Gasteiger partial charge on any atom is -0.375 e. The van der Waals surface area contributed by atoms with Crippen molar-refractivity contribution in [3.05, 3.63) is 33.5 Å². The Bertz CT molecular complexity index is 454. The first kappa shape index (κ1) is 15.4. The molecular formula is C12H18ClN3S2. The van der Waals surface area contributed by atoms with Gasteiger partial charge in [0.05, 0.1) is 0 Å². The maximum Gasteiger partial charge on any atom is 0.180 e. The van der Waals surface area contributed by atoms with E-state index in [1.165, 1.54) is 9.75 Å². The maximum absolute atomic E-state index is 5.66. The van der Waals surface area contributed by atoms with Crippen LogP contribution < -0.4 is 5.73 Å². The summed E-state index contributed by atoms with van der Waals surface area (Å²) in [5, 5.41) is 2.78. The predicted molar refractivity (Wildman–Crippen MR) is 82.5 cm³/mol. The van der Waals surface area contributed by atoms with Crippen LogP contribution >= 0.6 is 35.1 Å². The van der Waals surface area contributed by atoms with Gasteiger partial charge in [-0.3, -0.25) is 4.90 Å². The largest absolute Gasteiger partial charge is 0.375 e. The second kappa shape index (κ2) is 7.09. The molecule has 2 rings (SSSR count). The Labute approximate surface area is 122 Å². The highest BCUT2D eigenvalue weighted by Crippen LogP contribution is 2.20. The van der Waals surface area contributed by atoms with Crippen LogP contribution in [0.5, 0.6) is 0 Å². The molecular weight excluding hydrogens is 286 g/mol. The Hall–Kier alpha value is -0.620. The Morgan fingerprint density at radius 3 is 2.56 bits per heavy atom. The average molecular weight is 304 g/mol. The predicted octanol–water partition coefficient (Wildman–Crippen LogP) is 3.62. The molecule has 0 aliphatic carbocycles. The van der Waals surface area contributed by atoms with E-state index >= 15 is 0 Å². The summed E-state index contributed by atoms with van der Waals surface area (Å²) in [5.74, 6) is 0. The van der Waals surface area contributed by atoms with E-state index in [-0.39, 0.29) is 12.4 Å². The van der Waals surface area contributed by atoms with Crippen LogP contribution in [0.25, 0.3) is 0 Å². The van der Waals surface area contributed by atoms with Gasteiger partial charge in [0.15, 0.2) is 5.13 Å². The number of thiazole rings is 1. The van der Waals surface area contributed by atoms with Crippen LogP contribution in [0.3, 0.4) is 0 Å². The van der Waals surface area contributed by atoms with E-state index in [0.29, 0.717) is 11.2 Å². The molecule has 0 saturated carbocycles. The number of hydrogen-bond acceptors (Lipinski definition) is 5. The first-order valence-electron chi connectivity index (χ1n) is 5.62. The molecule has 0 unspecified atom stereocenters. The second-order valence-electron chi connectivity index (χ2n) is 4.24. The molecule has 0 fully saturated rings. The summed E-state index contributed by atoms with van der Waals surface area (Å²) >= 11 is 3.38. The van der Waals surface area contributed by atoms with Gasteiger partial charge in [-0.05, 0) is 25.3 Å². The molecule has 100 valence electrons. The van der Waals surface area contributed by atoms with Crippen LogP contribution in [0.15, 0.2) is 23.7 Å². The number of nitrogens with two attached hydrogens (primary N) is 1. The van der Waals surface area contributed by atoms with Gasteiger partial charge in [0.1, 0.15) is 0 Å². The van der Waals surface area contributed by atoms with Crippen LogP contribution in [0.2, 0.25) is 0 Å². The zero-order chi connectivity index (χ0) is 12.3. The van der Waals surface area contributed by atoms with Crippen molar-refractivity contribution in [1.29, 1.82) is 0 Å². The normalized spacial score (nSPS) is 10.9. The molecule has 2 N–H and O–H groups in total. The van der Waals surface area contributed by atoms with Gasteiger partial charge < -0.3 is 5.73 Å². The Morgan fingerprint density at radius 1 is 1.33 bits per heavy atom. The Kier molecular flexibility index (Phi) is 6.08. The summed E-state index contributed by atoms with van der Waals surface area (Å²) in [5.41, 5.74) is 5.66. The van der Waals surface area contributed by atoms with Crippen LogP contribution in [0.4, 0.5) is 5.13 Å². The van der Waals surface area contributed by atoms with Crippen LogP contribution in [-0.2, 0) is 13.1 Å². The Balaban J connectivity index is 0.00000162. The molecule has 0 spiro atoms. The molecule has 0 bridgehead atoms. The fourth-order valence-electron chi connectivity index (χ4n) is 1.62. The van der Waals surface area contributed by atoms with Crippen molar-refractivity contribution in [2.45, 2.75) is 33.0 Å². The summed E-state index contributed by atoms with van der Waals surface area (Å²) in [6, 6.07) is 4.80. The summed E-state index contributed by atoms with van der Waals surface area (Å²) in [7, 11) is 0. The zero-order valence-corrected chi connectivity index (χ0v) is 12.9. The summed E-state index contributed by atoms with van der Waals surface area (Å²) in [6.45, 7) is 6.35. The minimum absolute atomic E-state index is 0. The first-order chi connectivity index (χ1) is 8.15. The molecule has 0 atom stereocenters. The quantitative estimate of drug-likeness (QED) is 0.917. The second-order valence-corrected chi connectivity index (χ2v) is 6.42. The molecule has 0 aliphatic heterocycles. The molecule has 6 heteroatoms. The molecule has 2 aromatic rings. The average Bonchev–Trinajstić information content (AvgIpc) is 2.89. The number of thiophene rings is 1. The molecule has 0 radical (unpaired) electrons. The van der Waals surface area contributed by atoms with Gasteiger partial charge in [0.2, 0.25) is 0 Å². The van der Waals surface area contributed by atoms with Gasteiger partial charge in [-0.1, -0.05) is 6.07 Å². The molecule has 2 heterocycles. The number of rotatable bonds is 5. The fraction of sp³-hybridized carbons (Fsp3) is 0.417. The van der Waals surface area contributed by atoms with Crippen molar-refractivity contribution >= 4 is 40.2 Å². The van der Waals surface area contributed by atoms with Gasteiger partial charge >= 0.3 is 0 Å². The number of nitrogen functional groups attached to an aromatic ring is 1. The number of aromatic nitrogens is 1. The number of nitrogens with zero attached hydrogens (tertiary/aromatic N) is 2. The van der Waals surface area contributed by atoms with Crippen molar-refractivity contribution in [2.75, 3.05) is 5.73 Å². The van der Waals surface area contributed by atoms with E-state index in [2.05, 4.69) is 41.2 Å². The minimum atomic E-state index is 0. The lowest BCUT2D eigenvalue weighted by Gasteiger charge is -2.25. The summed E-state index contributed by atoms with van der Waals surface area (Å²) in [6.07, 6.45) is 1.88. The van der Waals surface area contributed by atoms with Gasteiger partial charge in [-0.25, -0.2) is 4.98 Å². The Morgan fingerprint density at radius 2 is 2.06 bits per heavy atom. The van der Waals surface area contributed by atoms with Crippen LogP contribution in [0, 0.1) is 0 Å². The lowest BCUT2D eigenvalue weighted by atomic mass is 10.3. The molecule has 0 amide bonds. The van der Waals surface area contributed by atoms with Crippen molar-refractivity contribution < 1.29 is 0 Å². The van der Waals surface area contributed by atoms with Crippen molar-refractivity contribution in [1.82, 2.24) is 9.88 Å². The number of hydrogen-bond donors (Lipinski definition) is 1. The van der Waals surface area contributed by atoms with Gasteiger partial charge in [-0.15, -0.1) is 35.1 Å². The number of halogens is 1. The molecule has 2 aromatic heterocycles. The monoisotopic (exact) mass is 303 g/mol. The van der Waals surface area contributed by atoms with E-state index in [1.807, 2.05) is 6.20 Å². The van der Waals surface area contributed by atoms with Crippen molar-refractivity contribution in [3.8, 4) is 0 Å². The smallest absolute Gasteiger partial charge is 0.180 e. The van der Waals surface area contributed by atoms with E-state index in [9.17, 15) is 0 Å². The lowest BCUT2D eigenvalue weighted by molar-refractivity contribution is 0.207. The van der Waals surface area contributed by atoms with E-state index in [1.54, 1.807) is 22.7 Å². The first-order valence-corrected chi connectivity index (χ1v) is 7.31. The third-order valence-corrected chi connectivity index (χ3v) is 4.27. The van der Waals surface area contributed by atoms with Crippen molar-refractivity contribution in [3.63, 3.8) is 0 Å². The highest BCUT2D eigenvalue weighted by molar-refractivity contribution is 7.15.